The molecule has 2 fully saturated rings. The maximum absolute atomic E-state index is 11.4. The average Bonchev–Trinajstić information content (AvgIpc) is 3.33. The first-order valence-electron chi connectivity index (χ1n) is 8.05. The predicted molar refractivity (Wildman–Crippen MR) is 90.9 cm³/mol. The number of halogens is 1. The van der Waals surface area contributed by atoms with E-state index in [1.165, 1.54) is 6.20 Å². The van der Waals surface area contributed by atoms with Gasteiger partial charge in [-0.25, -0.2) is 9.78 Å². The molecule has 2 aliphatic rings. The lowest BCUT2D eigenvalue weighted by Gasteiger charge is -2.33. The van der Waals surface area contributed by atoms with Crippen molar-refractivity contribution in [2.45, 2.75) is 37.6 Å². The molecule has 0 amide bonds. The van der Waals surface area contributed by atoms with Gasteiger partial charge in [0.25, 0.3) is 0 Å². The largest absolute Gasteiger partial charge is 0.478 e. The van der Waals surface area contributed by atoms with Gasteiger partial charge >= 0.3 is 5.97 Å². The second-order valence-electron chi connectivity index (χ2n) is 6.25. The van der Waals surface area contributed by atoms with Crippen molar-refractivity contribution in [2.75, 3.05) is 18.0 Å². The standard InChI is InChI=1S/C16H19N5O2.ClH/c22-16(23)13-9-19-21(15(13)11-1-2-11)12-3-7-20(8-4-12)14-10-17-5-6-18-14;/h5-6,9-12H,1-4,7-8H2,(H,22,23);1H. The maximum atomic E-state index is 11.4. The average molecular weight is 350 g/mol. The number of aromatic nitrogens is 4. The zero-order valence-electron chi connectivity index (χ0n) is 13.2. The van der Waals surface area contributed by atoms with Crippen molar-refractivity contribution in [3.8, 4) is 0 Å². The highest BCUT2D eigenvalue weighted by molar-refractivity contribution is 5.89. The van der Waals surface area contributed by atoms with Gasteiger partial charge in [0.15, 0.2) is 0 Å². The second-order valence-corrected chi connectivity index (χ2v) is 6.25. The third-order valence-corrected chi connectivity index (χ3v) is 4.71. The van der Waals surface area contributed by atoms with E-state index >= 15 is 0 Å². The Morgan fingerprint density at radius 2 is 1.88 bits per heavy atom. The van der Waals surface area contributed by atoms with Crippen molar-refractivity contribution >= 4 is 24.2 Å². The van der Waals surface area contributed by atoms with Gasteiger partial charge in [-0.1, -0.05) is 0 Å². The van der Waals surface area contributed by atoms with Crippen LogP contribution < -0.4 is 4.90 Å². The van der Waals surface area contributed by atoms with Gasteiger partial charge in [0, 0.05) is 31.4 Å². The van der Waals surface area contributed by atoms with E-state index in [4.69, 9.17) is 0 Å². The molecule has 0 aromatic carbocycles. The topological polar surface area (TPSA) is 84.1 Å². The SMILES string of the molecule is Cl.O=C(O)c1cnn(C2CCN(c3cnccn3)CC2)c1C1CC1. The molecular weight excluding hydrogens is 330 g/mol. The van der Waals surface area contributed by atoms with Crippen LogP contribution in [0.25, 0.3) is 0 Å². The summed E-state index contributed by atoms with van der Waals surface area (Å²) in [6.07, 6.45) is 10.7. The highest BCUT2D eigenvalue weighted by Crippen LogP contribution is 2.43. The molecule has 24 heavy (non-hydrogen) atoms. The van der Waals surface area contributed by atoms with Gasteiger partial charge in [-0.2, -0.15) is 5.10 Å². The van der Waals surface area contributed by atoms with Crippen molar-refractivity contribution in [1.29, 1.82) is 0 Å². The van der Waals surface area contributed by atoms with Gasteiger partial charge in [-0.15, -0.1) is 12.4 Å². The lowest BCUT2D eigenvalue weighted by atomic mass is 10.0. The Bertz CT molecular complexity index is 709. The Balaban J connectivity index is 0.00000169. The van der Waals surface area contributed by atoms with E-state index < -0.39 is 5.97 Å². The van der Waals surface area contributed by atoms with Crippen molar-refractivity contribution < 1.29 is 9.90 Å². The van der Waals surface area contributed by atoms with Crippen LogP contribution in [0.4, 0.5) is 5.82 Å². The summed E-state index contributed by atoms with van der Waals surface area (Å²) in [6.45, 7) is 1.77. The summed E-state index contributed by atoms with van der Waals surface area (Å²) >= 11 is 0. The third-order valence-electron chi connectivity index (χ3n) is 4.71. The molecule has 0 atom stereocenters. The van der Waals surface area contributed by atoms with Crippen LogP contribution in [-0.4, -0.2) is 43.9 Å². The van der Waals surface area contributed by atoms with Gasteiger partial charge in [0.05, 0.1) is 24.1 Å². The van der Waals surface area contributed by atoms with Crippen LogP contribution in [-0.2, 0) is 0 Å². The van der Waals surface area contributed by atoms with Gasteiger partial charge in [0.2, 0.25) is 0 Å². The van der Waals surface area contributed by atoms with Gasteiger partial charge < -0.3 is 10.0 Å². The summed E-state index contributed by atoms with van der Waals surface area (Å²) in [4.78, 5) is 22.1. The number of rotatable bonds is 4. The molecule has 0 bridgehead atoms. The molecule has 1 aliphatic heterocycles. The molecule has 1 N–H and O–H groups in total. The molecule has 1 saturated carbocycles. The quantitative estimate of drug-likeness (QED) is 0.913. The Kier molecular flexibility index (Phi) is 4.71. The normalized spacial score (nSPS) is 18.2. The maximum Gasteiger partial charge on any atom is 0.339 e. The highest BCUT2D eigenvalue weighted by atomic mass is 35.5. The summed E-state index contributed by atoms with van der Waals surface area (Å²) in [7, 11) is 0. The Morgan fingerprint density at radius 1 is 1.12 bits per heavy atom. The number of carbonyl (C=O) groups is 1. The lowest BCUT2D eigenvalue weighted by molar-refractivity contribution is 0.0695. The molecule has 7 nitrogen and oxygen atoms in total. The zero-order chi connectivity index (χ0) is 15.8. The Hall–Kier alpha value is -2.15. The summed E-state index contributed by atoms with van der Waals surface area (Å²) in [6, 6.07) is 0.270. The molecule has 2 aromatic rings. The van der Waals surface area contributed by atoms with Crippen LogP contribution in [0.2, 0.25) is 0 Å². The minimum Gasteiger partial charge on any atom is -0.478 e. The minimum atomic E-state index is -0.866. The monoisotopic (exact) mass is 349 g/mol. The zero-order valence-corrected chi connectivity index (χ0v) is 14.0. The molecule has 8 heteroatoms. The molecule has 2 aromatic heterocycles. The van der Waals surface area contributed by atoms with E-state index in [9.17, 15) is 9.90 Å². The first-order chi connectivity index (χ1) is 11.2. The van der Waals surface area contributed by atoms with Crippen molar-refractivity contribution in [2.24, 2.45) is 0 Å². The van der Waals surface area contributed by atoms with Crippen LogP contribution in [0.3, 0.4) is 0 Å². The van der Waals surface area contributed by atoms with E-state index in [1.54, 1.807) is 18.6 Å². The minimum absolute atomic E-state index is 0. The number of anilines is 1. The number of carboxylic acid groups (broad SMARTS) is 1. The van der Waals surface area contributed by atoms with Crippen LogP contribution in [0.1, 0.15) is 53.7 Å². The third kappa shape index (κ3) is 3.08. The predicted octanol–water partition coefficient (Wildman–Crippen LogP) is 2.51. The van der Waals surface area contributed by atoms with Crippen LogP contribution >= 0.6 is 12.4 Å². The molecule has 1 saturated heterocycles. The highest BCUT2D eigenvalue weighted by Gasteiger charge is 2.35. The van der Waals surface area contributed by atoms with E-state index in [2.05, 4.69) is 20.0 Å². The number of piperidine rings is 1. The molecule has 128 valence electrons. The summed E-state index contributed by atoms with van der Waals surface area (Å²) in [5, 5.41) is 13.8. The fourth-order valence-corrected chi connectivity index (χ4v) is 3.39. The van der Waals surface area contributed by atoms with Crippen molar-refractivity contribution in [3.05, 3.63) is 36.0 Å². The molecule has 1 aliphatic carbocycles. The molecule has 3 heterocycles. The van der Waals surface area contributed by atoms with E-state index in [-0.39, 0.29) is 18.4 Å². The van der Waals surface area contributed by atoms with Crippen molar-refractivity contribution in [1.82, 2.24) is 19.7 Å². The van der Waals surface area contributed by atoms with E-state index in [0.717, 1.165) is 50.3 Å². The molecule has 0 radical (unpaired) electrons. The van der Waals surface area contributed by atoms with Gasteiger partial charge in [-0.3, -0.25) is 9.67 Å². The van der Waals surface area contributed by atoms with Crippen LogP contribution in [0, 0.1) is 0 Å². The van der Waals surface area contributed by atoms with E-state index in [1.807, 2.05) is 4.68 Å². The molecule has 0 spiro atoms. The van der Waals surface area contributed by atoms with E-state index in [0.29, 0.717) is 11.5 Å². The van der Waals surface area contributed by atoms with Crippen LogP contribution in [0.15, 0.2) is 24.8 Å². The molecular formula is C16H20ClN5O2. The fraction of sp³-hybridized carbons (Fsp3) is 0.500. The summed E-state index contributed by atoms with van der Waals surface area (Å²) < 4.78 is 1.98. The Morgan fingerprint density at radius 3 is 2.46 bits per heavy atom. The van der Waals surface area contributed by atoms with Gasteiger partial charge in [0.1, 0.15) is 11.4 Å². The smallest absolute Gasteiger partial charge is 0.339 e. The van der Waals surface area contributed by atoms with Gasteiger partial charge in [-0.05, 0) is 25.7 Å². The number of hydrogen-bond donors (Lipinski definition) is 1. The Labute approximate surface area is 146 Å². The molecule has 0 unspecified atom stereocenters. The fourth-order valence-electron chi connectivity index (χ4n) is 3.39. The number of nitrogens with zero attached hydrogens (tertiary/aromatic N) is 5. The van der Waals surface area contributed by atoms with Crippen LogP contribution in [0.5, 0.6) is 0 Å². The number of carboxylic acids is 1. The molecule has 4 rings (SSSR count). The number of aromatic carboxylic acids is 1. The first-order valence-corrected chi connectivity index (χ1v) is 8.05. The van der Waals surface area contributed by atoms with Crippen molar-refractivity contribution in [3.63, 3.8) is 0 Å². The summed E-state index contributed by atoms with van der Waals surface area (Å²) in [5.74, 6) is 0.414. The summed E-state index contributed by atoms with van der Waals surface area (Å²) in [5.41, 5.74) is 1.30. The first kappa shape index (κ1) is 16.7. The second kappa shape index (κ2) is 6.76. The number of hydrogen-bond acceptors (Lipinski definition) is 5. The lowest BCUT2D eigenvalue weighted by Crippen LogP contribution is -2.35.